The zero-order valence-corrected chi connectivity index (χ0v) is 20.6. The predicted molar refractivity (Wildman–Crippen MR) is 141 cm³/mol. The fourth-order valence-electron chi connectivity index (χ4n) is 2.98. The highest BCUT2D eigenvalue weighted by atomic mass is 32.2. The molecule has 9 heteroatoms. The molecule has 0 radical (unpaired) electrons. The molecule has 0 saturated heterocycles. The Labute approximate surface area is 208 Å². The van der Waals surface area contributed by atoms with Crippen molar-refractivity contribution in [2.45, 2.75) is 33.0 Å². The maximum absolute atomic E-state index is 12.4. The standard InChI is InChI=1S/C26H28N4O4S/c1-18(2)34-26(32)33-17-35-25(30-22-13-7-11-21-12-8-16-27-24(21)22)29-19(3)28-23(31)15-14-20-9-5-4-6-10-20/h4-16,18-19H,17H2,1-3H3,(H,28,31)(H,29,30)/b15-14+. The number of thioether (sulfide) groups is 1. The first-order chi connectivity index (χ1) is 16.9. The number of carbonyl (C=O) groups excluding carboxylic acids is 2. The van der Waals surface area contributed by atoms with Crippen LogP contribution in [0.4, 0.5) is 10.5 Å². The van der Waals surface area contributed by atoms with Crippen molar-refractivity contribution in [3.63, 3.8) is 0 Å². The third-order valence-corrected chi connectivity index (χ3v) is 5.18. The number of rotatable bonds is 8. The van der Waals surface area contributed by atoms with Crippen LogP contribution in [-0.4, -0.2) is 40.4 Å². The molecule has 1 aromatic heterocycles. The normalized spacial score (nSPS) is 12.5. The number of amidine groups is 1. The molecule has 0 fully saturated rings. The number of ether oxygens (including phenoxy) is 2. The minimum Gasteiger partial charge on any atom is -0.432 e. The largest absolute Gasteiger partial charge is 0.509 e. The zero-order chi connectivity index (χ0) is 25.0. The number of aromatic nitrogens is 1. The molecule has 1 amide bonds. The van der Waals surface area contributed by atoms with Gasteiger partial charge in [0.1, 0.15) is 12.1 Å². The lowest BCUT2D eigenvalue weighted by molar-refractivity contribution is -0.116. The summed E-state index contributed by atoms with van der Waals surface area (Å²) >= 11 is 1.16. The number of hydrogen-bond donors (Lipinski definition) is 2. The average Bonchev–Trinajstić information content (AvgIpc) is 2.83. The third kappa shape index (κ3) is 8.78. The van der Waals surface area contributed by atoms with Gasteiger partial charge in [-0.1, -0.05) is 48.5 Å². The number of pyridine rings is 1. The fourth-order valence-corrected chi connectivity index (χ4v) is 3.67. The SMILES string of the molecule is CC(N=C(Nc1cccc2cccnc12)SCOC(=O)OC(C)C)NC(=O)/C=C/c1ccccc1. The van der Waals surface area contributed by atoms with Crippen molar-refractivity contribution in [1.29, 1.82) is 0 Å². The number of nitrogens with one attached hydrogen (secondary N) is 2. The number of para-hydroxylation sites is 1. The molecule has 0 aliphatic carbocycles. The molecular formula is C26H28N4O4S. The second kappa shape index (κ2) is 13.1. The van der Waals surface area contributed by atoms with Crippen molar-refractivity contribution >= 4 is 51.7 Å². The van der Waals surface area contributed by atoms with E-state index in [2.05, 4.69) is 20.6 Å². The topological polar surface area (TPSA) is 102 Å². The number of carbonyl (C=O) groups is 2. The smallest absolute Gasteiger partial charge is 0.432 e. The lowest BCUT2D eigenvalue weighted by Crippen LogP contribution is -2.31. The fraction of sp³-hybridized carbons (Fsp3) is 0.231. The summed E-state index contributed by atoms with van der Waals surface area (Å²) in [6.45, 7) is 5.24. The minimum atomic E-state index is -0.758. The van der Waals surface area contributed by atoms with Crippen molar-refractivity contribution < 1.29 is 19.1 Å². The number of amides is 1. The van der Waals surface area contributed by atoms with Gasteiger partial charge in [0.2, 0.25) is 5.91 Å². The number of anilines is 1. The number of aliphatic imine (C=N–C) groups is 1. The van der Waals surface area contributed by atoms with Crippen LogP contribution in [0.5, 0.6) is 0 Å². The van der Waals surface area contributed by atoms with Crippen molar-refractivity contribution in [2.24, 2.45) is 4.99 Å². The van der Waals surface area contributed by atoms with E-state index in [4.69, 9.17) is 9.47 Å². The van der Waals surface area contributed by atoms with E-state index >= 15 is 0 Å². The summed E-state index contributed by atoms with van der Waals surface area (Å²) in [5, 5.41) is 7.47. The van der Waals surface area contributed by atoms with Crippen LogP contribution in [0.1, 0.15) is 26.3 Å². The summed E-state index contributed by atoms with van der Waals surface area (Å²) in [6, 6.07) is 19.1. The highest BCUT2D eigenvalue weighted by Crippen LogP contribution is 2.22. The van der Waals surface area contributed by atoms with Gasteiger partial charge < -0.3 is 20.1 Å². The molecule has 0 aliphatic rings. The Bertz CT molecular complexity index is 1190. The molecule has 3 rings (SSSR count). The number of hydrogen-bond acceptors (Lipinski definition) is 7. The Morgan fingerprint density at radius 2 is 1.83 bits per heavy atom. The summed E-state index contributed by atoms with van der Waals surface area (Å²) in [5.41, 5.74) is 2.43. The molecule has 0 bridgehead atoms. The minimum absolute atomic E-state index is 0.0237. The molecular weight excluding hydrogens is 464 g/mol. The molecule has 1 heterocycles. The van der Waals surface area contributed by atoms with Crippen molar-refractivity contribution in [3.8, 4) is 0 Å². The van der Waals surface area contributed by atoms with E-state index in [1.165, 1.54) is 6.08 Å². The lowest BCUT2D eigenvalue weighted by Gasteiger charge is -2.15. The van der Waals surface area contributed by atoms with Gasteiger partial charge >= 0.3 is 6.16 Å². The lowest BCUT2D eigenvalue weighted by atomic mass is 10.2. The molecule has 3 aromatic rings. The molecule has 182 valence electrons. The molecule has 2 N–H and O–H groups in total. The number of fused-ring (bicyclic) bond motifs is 1. The first-order valence-corrected chi connectivity index (χ1v) is 12.1. The van der Waals surface area contributed by atoms with Crippen LogP contribution in [0.2, 0.25) is 0 Å². The highest BCUT2D eigenvalue weighted by molar-refractivity contribution is 8.14. The summed E-state index contributed by atoms with van der Waals surface area (Å²) in [7, 11) is 0. The van der Waals surface area contributed by atoms with Gasteiger partial charge in [-0.2, -0.15) is 0 Å². The quantitative estimate of drug-likeness (QED) is 0.142. The van der Waals surface area contributed by atoms with E-state index in [1.54, 1.807) is 33.0 Å². The Morgan fingerprint density at radius 3 is 2.60 bits per heavy atom. The van der Waals surface area contributed by atoms with Crippen LogP contribution in [0.25, 0.3) is 17.0 Å². The number of benzene rings is 2. The molecule has 2 aromatic carbocycles. The van der Waals surface area contributed by atoms with Gasteiger partial charge in [0.15, 0.2) is 5.17 Å². The Hall–Kier alpha value is -3.85. The van der Waals surface area contributed by atoms with E-state index in [1.807, 2.05) is 60.7 Å². The van der Waals surface area contributed by atoms with Crippen LogP contribution in [0, 0.1) is 0 Å². The predicted octanol–water partition coefficient (Wildman–Crippen LogP) is 5.43. The van der Waals surface area contributed by atoms with E-state index in [0.29, 0.717) is 5.17 Å². The molecule has 1 atom stereocenters. The van der Waals surface area contributed by atoms with Crippen LogP contribution < -0.4 is 10.6 Å². The molecule has 0 saturated carbocycles. The Balaban J connectivity index is 1.71. The third-order valence-electron chi connectivity index (χ3n) is 4.47. The molecule has 0 spiro atoms. The maximum Gasteiger partial charge on any atom is 0.509 e. The summed E-state index contributed by atoms with van der Waals surface area (Å²) in [5.74, 6) is -0.303. The van der Waals surface area contributed by atoms with E-state index in [-0.39, 0.29) is 18.0 Å². The zero-order valence-electron chi connectivity index (χ0n) is 19.8. The summed E-state index contributed by atoms with van der Waals surface area (Å²) in [4.78, 5) is 33.1. The van der Waals surface area contributed by atoms with Gasteiger partial charge in [-0.15, -0.1) is 0 Å². The van der Waals surface area contributed by atoms with Crippen molar-refractivity contribution in [2.75, 3.05) is 11.3 Å². The molecule has 1 unspecified atom stereocenters. The second-order valence-corrected chi connectivity index (χ2v) is 8.60. The van der Waals surface area contributed by atoms with Gasteiger partial charge in [0.25, 0.3) is 0 Å². The summed E-state index contributed by atoms with van der Waals surface area (Å²) in [6.07, 6.45) is 3.32. The molecule has 0 aliphatic heterocycles. The van der Waals surface area contributed by atoms with Gasteiger partial charge in [-0.25, -0.2) is 9.79 Å². The van der Waals surface area contributed by atoms with Gasteiger partial charge in [-0.3, -0.25) is 9.78 Å². The van der Waals surface area contributed by atoms with E-state index in [9.17, 15) is 9.59 Å². The van der Waals surface area contributed by atoms with Crippen LogP contribution >= 0.6 is 11.8 Å². The first-order valence-electron chi connectivity index (χ1n) is 11.1. The average molecular weight is 493 g/mol. The highest BCUT2D eigenvalue weighted by Gasteiger charge is 2.12. The second-order valence-electron chi connectivity index (χ2n) is 7.69. The van der Waals surface area contributed by atoms with Crippen LogP contribution in [0.15, 0.2) is 77.9 Å². The number of nitrogens with zero attached hydrogens (tertiary/aromatic N) is 2. The van der Waals surface area contributed by atoms with Gasteiger partial charge in [0, 0.05) is 17.7 Å². The molecule has 35 heavy (non-hydrogen) atoms. The summed E-state index contributed by atoms with van der Waals surface area (Å²) < 4.78 is 10.1. The van der Waals surface area contributed by atoms with Crippen LogP contribution in [0.3, 0.4) is 0 Å². The molecule has 8 nitrogen and oxygen atoms in total. The van der Waals surface area contributed by atoms with Gasteiger partial charge in [0.05, 0.1) is 17.3 Å². The van der Waals surface area contributed by atoms with Crippen molar-refractivity contribution in [1.82, 2.24) is 10.3 Å². The van der Waals surface area contributed by atoms with Crippen LogP contribution in [-0.2, 0) is 14.3 Å². The van der Waals surface area contributed by atoms with E-state index in [0.717, 1.165) is 33.9 Å². The van der Waals surface area contributed by atoms with Gasteiger partial charge in [-0.05, 0) is 56.3 Å². The maximum atomic E-state index is 12.4. The monoisotopic (exact) mass is 492 g/mol. The first kappa shape index (κ1) is 25.8. The Morgan fingerprint density at radius 1 is 1.06 bits per heavy atom. The van der Waals surface area contributed by atoms with E-state index < -0.39 is 12.3 Å². The Kier molecular flexibility index (Phi) is 9.68. The van der Waals surface area contributed by atoms with Crippen molar-refractivity contribution in [3.05, 3.63) is 78.5 Å².